The zero-order valence-electron chi connectivity index (χ0n) is 13.0. The number of benzene rings is 1. The molecule has 0 aromatic heterocycles. The molecule has 5 heteroatoms. The first kappa shape index (κ1) is 15.4. The van der Waals surface area contributed by atoms with Gasteiger partial charge in [0.2, 0.25) is 5.91 Å². The summed E-state index contributed by atoms with van der Waals surface area (Å²) in [5.74, 6) is 0.448. The Bertz CT molecular complexity index is 571. The molecule has 1 aromatic rings. The van der Waals surface area contributed by atoms with Gasteiger partial charge in [0.25, 0.3) is 5.91 Å². The van der Waals surface area contributed by atoms with Crippen LogP contribution in [0.1, 0.15) is 32.3 Å². The molecular weight excluding hydrogens is 268 g/mol. The number of rotatable bonds is 3. The van der Waals surface area contributed by atoms with Crippen LogP contribution in [0.5, 0.6) is 5.75 Å². The van der Waals surface area contributed by atoms with Crippen molar-refractivity contribution in [3.05, 3.63) is 23.8 Å². The molecule has 5 nitrogen and oxygen atoms in total. The van der Waals surface area contributed by atoms with Gasteiger partial charge in [0.05, 0.1) is 12.8 Å². The van der Waals surface area contributed by atoms with Crippen LogP contribution in [0.15, 0.2) is 18.2 Å². The molecule has 2 amide bonds. The fourth-order valence-corrected chi connectivity index (χ4v) is 2.52. The summed E-state index contributed by atoms with van der Waals surface area (Å²) in [6.45, 7) is 6.00. The molecule has 2 rings (SSSR count). The predicted octanol–water partition coefficient (Wildman–Crippen LogP) is 2.03. The maximum Gasteiger partial charge on any atom is 0.252 e. The number of ether oxygens (including phenoxy) is 1. The SMILES string of the molecule is CCC1(C)NC(=O)CCN(c2cc(C)ccc2OC)C1=O. The maximum absolute atomic E-state index is 12.9. The number of anilines is 1. The summed E-state index contributed by atoms with van der Waals surface area (Å²) in [6.07, 6.45) is 0.834. The molecule has 1 aliphatic rings. The standard InChI is InChI=1S/C16H22N2O3/c1-5-16(3)15(20)18(9-8-14(19)17-16)12-10-11(2)6-7-13(12)21-4/h6-7,10H,5,8-9H2,1-4H3,(H,17,19). The highest BCUT2D eigenvalue weighted by atomic mass is 16.5. The van der Waals surface area contributed by atoms with Crippen LogP contribution in [0, 0.1) is 6.92 Å². The molecule has 1 aliphatic heterocycles. The molecule has 1 fully saturated rings. The molecule has 114 valence electrons. The molecule has 1 saturated heterocycles. The van der Waals surface area contributed by atoms with Gasteiger partial charge in [0.1, 0.15) is 11.3 Å². The Morgan fingerprint density at radius 3 is 2.71 bits per heavy atom. The molecule has 1 atom stereocenters. The van der Waals surface area contributed by atoms with E-state index < -0.39 is 5.54 Å². The Kier molecular flexibility index (Phi) is 4.21. The highest BCUT2D eigenvalue weighted by Crippen LogP contribution is 2.32. The molecular formula is C16H22N2O3. The summed E-state index contributed by atoms with van der Waals surface area (Å²) in [6, 6.07) is 5.71. The van der Waals surface area contributed by atoms with E-state index in [0.717, 1.165) is 11.3 Å². The molecule has 0 spiro atoms. The van der Waals surface area contributed by atoms with Crippen LogP contribution >= 0.6 is 0 Å². The average molecular weight is 290 g/mol. The van der Waals surface area contributed by atoms with Crippen molar-refractivity contribution in [3.8, 4) is 5.75 Å². The van der Waals surface area contributed by atoms with Crippen molar-refractivity contribution in [2.45, 2.75) is 39.2 Å². The van der Waals surface area contributed by atoms with Gasteiger partial charge in [-0.15, -0.1) is 0 Å². The van der Waals surface area contributed by atoms with Crippen molar-refractivity contribution in [2.24, 2.45) is 0 Å². The number of hydrogen-bond acceptors (Lipinski definition) is 3. The minimum Gasteiger partial charge on any atom is -0.495 e. The number of methoxy groups -OCH3 is 1. The fourth-order valence-electron chi connectivity index (χ4n) is 2.52. The Balaban J connectivity index is 2.49. The van der Waals surface area contributed by atoms with Crippen LogP contribution in [0.4, 0.5) is 5.69 Å². The maximum atomic E-state index is 12.9. The van der Waals surface area contributed by atoms with Crippen molar-refractivity contribution in [3.63, 3.8) is 0 Å². The molecule has 21 heavy (non-hydrogen) atoms. The van der Waals surface area contributed by atoms with E-state index in [1.807, 2.05) is 32.0 Å². The van der Waals surface area contributed by atoms with E-state index in [2.05, 4.69) is 5.32 Å². The van der Waals surface area contributed by atoms with Gasteiger partial charge in [-0.25, -0.2) is 0 Å². The topological polar surface area (TPSA) is 58.6 Å². The number of nitrogens with zero attached hydrogens (tertiary/aromatic N) is 1. The zero-order valence-corrected chi connectivity index (χ0v) is 13.0. The van der Waals surface area contributed by atoms with Gasteiger partial charge in [-0.1, -0.05) is 13.0 Å². The van der Waals surface area contributed by atoms with Crippen LogP contribution in [0.3, 0.4) is 0 Å². The molecule has 1 aromatic carbocycles. The third-order valence-corrected chi connectivity index (χ3v) is 4.03. The number of carbonyl (C=O) groups excluding carboxylic acids is 2. The van der Waals surface area contributed by atoms with E-state index in [4.69, 9.17) is 4.74 Å². The van der Waals surface area contributed by atoms with Crippen molar-refractivity contribution in [1.82, 2.24) is 5.32 Å². The number of carbonyl (C=O) groups is 2. The average Bonchev–Trinajstić information content (AvgIpc) is 2.57. The van der Waals surface area contributed by atoms with E-state index in [1.165, 1.54) is 0 Å². The molecule has 0 bridgehead atoms. The predicted molar refractivity (Wildman–Crippen MR) is 81.5 cm³/mol. The fraction of sp³-hybridized carbons (Fsp3) is 0.500. The van der Waals surface area contributed by atoms with Crippen LogP contribution in [-0.4, -0.2) is 31.0 Å². The lowest BCUT2D eigenvalue weighted by molar-refractivity contribution is -0.129. The number of aryl methyl sites for hydroxylation is 1. The molecule has 1 heterocycles. The molecule has 0 radical (unpaired) electrons. The minimum absolute atomic E-state index is 0.0955. The second-order valence-electron chi connectivity index (χ2n) is 5.62. The summed E-state index contributed by atoms with van der Waals surface area (Å²) in [7, 11) is 1.58. The monoisotopic (exact) mass is 290 g/mol. The molecule has 0 aliphatic carbocycles. The second kappa shape index (κ2) is 5.76. The molecule has 0 saturated carbocycles. The Morgan fingerprint density at radius 1 is 1.38 bits per heavy atom. The summed E-state index contributed by atoms with van der Waals surface area (Å²) in [5.41, 5.74) is 0.890. The van der Waals surface area contributed by atoms with E-state index >= 15 is 0 Å². The van der Waals surface area contributed by atoms with E-state index in [0.29, 0.717) is 25.1 Å². The second-order valence-corrected chi connectivity index (χ2v) is 5.62. The molecule has 1 N–H and O–H groups in total. The van der Waals surface area contributed by atoms with Gasteiger partial charge in [-0.3, -0.25) is 9.59 Å². The van der Waals surface area contributed by atoms with Gasteiger partial charge in [0.15, 0.2) is 0 Å². The Labute approximate surface area is 125 Å². The van der Waals surface area contributed by atoms with Gasteiger partial charge in [-0.2, -0.15) is 0 Å². The minimum atomic E-state index is -0.873. The number of nitrogens with one attached hydrogen (secondary N) is 1. The lowest BCUT2D eigenvalue weighted by Crippen LogP contribution is -2.54. The lowest BCUT2D eigenvalue weighted by atomic mass is 9.97. The summed E-state index contributed by atoms with van der Waals surface area (Å²) in [4.78, 5) is 26.4. The van der Waals surface area contributed by atoms with Crippen LogP contribution in [0.25, 0.3) is 0 Å². The third-order valence-electron chi connectivity index (χ3n) is 4.03. The van der Waals surface area contributed by atoms with Crippen LogP contribution < -0.4 is 15.0 Å². The first-order valence-corrected chi connectivity index (χ1v) is 7.19. The van der Waals surface area contributed by atoms with Crippen molar-refractivity contribution >= 4 is 17.5 Å². The summed E-state index contributed by atoms with van der Waals surface area (Å²) < 4.78 is 5.37. The summed E-state index contributed by atoms with van der Waals surface area (Å²) >= 11 is 0. The smallest absolute Gasteiger partial charge is 0.252 e. The zero-order chi connectivity index (χ0) is 15.6. The van der Waals surface area contributed by atoms with Gasteiger partial charge in [0, 0.05) is 13.0 Å². The summed E-state index contributed by atoms with van der Waals surface area (Å²) in [5, 5.41) is 2.84. The van der Waals surface area contributed by atoms with E-state index in [-0.39, 0.29) is 11.8 Å². The molecule has 1 unspecified atom stereocenters. The van der Waals surface area contributed by atoms with Crippen molar-refractivity contribution in [1.29, 1.82) is 0 Å². The largest absolute Gasteiger partial charge is 0.495 e. The van der Waals surface area contributed by atoms with Crippen molar-refractivity contribution in [2.75, 3.05) is 18.6 Å². The van der Waals surface area contributed by atoms with Gasteiger partial charge in [-0.05, 0) is 38.0 Å². The Hall–Kier alpha value is -2.04. The third kappa shape index (κ3) is 2.86. The van der Waals surface area contributed by atoms with E-state index in [1.54, 1.807) is 18.9 Å². The number of amides is 2. The Morgan fingerprint density at radius 2 is 2.10 bits per heavy atom. The number of hydrogen-bond donors (Lipinski definition) is 1. The first-order valence-electron chi connectivity index (χ1n) is 7.19. The highest BCUT2D eigenvalue weighted by molar-refractivity contribution is 6.04. The van der Waals surface area contributed by atoms with Gasteiger partial charge < -0.3 is 15.0 Å². The first-order chi connectivity index (χ1) is 9.91. The van der Waals surface area contributed by atoms with E-state index in [9.17, 15) is 9.59 Å². The lowest BCUT2D eigenvalue weighted by Gasteiger charge is -2.32. The quantitative estimate of drug-likeness (QED) is 0.926. The van der Waals surface area contributed by atoms with Crippen LogP contribution in [0.2, 0.25) is 0 Å². The highest BCUT2D eigenvalue weighted by Gasteiger charge is 2.40. The van der Waals surface area contributed by atoms with Gasteiger partial charge >= 0.3 is 0 Å². The normalized spacial score (nSPS) is 22.8. The van der Waals surface area contributed by atoms with Crippen LogP contribution in [-0.2, 0) is 9.59 Å². The van der Waals surface area contributed by atoms with Crippen molar-refractivity contribution < 1.29 is 14.3 Å².